The summed E-state index contributed by atoms with van der Waals surface area (Å²) in [6.45, 7) is -0.319. The summed E-state index contributed by atoms with van der Waals surface area (Å²) < 4.78 is 15.3. The molecule has 0 aliphatic heterocycles. The maximum Gasteiger partial charge on any atom is 0.340 e. The number of methoxy groups -OCH3 is 3. The van der Waals surface area contributed by atoms with Gasteiger partial charge in [-0.3, -0.25) is 9.59 Å². The molecule has 0 radical (unpaired) electrons. The minimum atomic E-state index is -1.25. The number of rotatable bonds is 10. The zero-order valence-corrected chi connectivity index (χ0v) is 17.7. The smallest absolute Gasteiger partial charge is 0.340 e. The van der Waals surface area contributed by atoms with E-state index in [-0.39, 0.29) is 29.2 Å². The second kappa shape index (κ2) is 11.7. The number of nitrogens with one attached hydrogen (secondary N) is 2. The molecule has 0 fully saturated rings. The van der Waals surface area contributed by atoms with Gasteiger partial charge in [0, 0.05) is 11.6 Å². The van der Waals surface area contributed by atoms with Gasteiger partial charge in [-0.1, -0.05) is 12.1 Å². The van der Waals surface area contributed by atoms with Crippen LogP contribution in [0, 0.1) is 0 Å². The highest BCUT2D eigenvalue weighted by Gasteiger charge is 2.20. The molecule has 0 aliphatic carbocycles. The van der Waals surface area contributed by atoms with Gasteiger partial charge in [0.05, 0.1) is 34.1 Å². The summed E-state index contributed by atoms with van der Waals surface area (Å²) in [6, 6.07) is 10.1. The molecule has 2 amide bonds. The highest BCUT2D eigenvalue weighted by molar-refractivity contribution is 6.02. The van der Waals surface area contributed by atoms with Crippen LogP contribution in [0.15, 0.2) is 47.6 Å². The predicted octanol–water partition coefficient (Wildman–Crippen LogP) is 1.69. The zero-order valence-electron chi connectivity index (χ0n) is 17.7. The number of hydrogen-bond acceptors (Lipinski definition) is 7. The molecule has 2 aromatic carbocycles. The SMILES string of the molecule is COc1ccc(/C=C/C(=O)NCC(=O)N/N=C\c2ccc(OC)c(OC)c2C(=O)O)cc1. The lowest BCUT2D eigenvalue weighted by molar-refractivity contribution is -0.123. The van der Waals surface area contributed by atoms with Gasteiger partial charge in [-0.2, -0.15) is 5.10 Å². The molecule has 0 atom stereocenters. The third-order valence-corrected chi connectivity index (χ3v) is 4.15. The normalized spacial score (nSPS) is 10.7. The number of carboxylic acid groups (broad SMARTS) is 1. The van der Waals surface area contributed by atoms with Crippen LogP contribution in [0.1, 0.15) is 21.5 Å². The Hall–Kier alpha value is -4.34. The fraction of sp³-hybridized carbons (Fsp3) is 0.182. The second-order valence-corrected chi connectivity index (χ2v) is 6.19. The van der Waals surface area contributed by atoms with Gasteiger partial charge in [0.2, 0.25) is 5.91 Å². The topological polar surface area (TPSA) is 136 Å². The van der Waals surface area contributed by atoms with Crippen LogP contribution in [0.2, 0.25) is 0 Å². The van der Waals surface area contributed by atoms with Crippen molar-refractivity contribution in [3.63, 3.8) is 0 Å². The van der Waals surface area contributed by atoms with Gasteiger partial charge in [0.25, 0.3) is 5.91 Å². The van der Waals surface area contributed by atoms with Crippen molar-refractivity contribution in [2.45, 2.75) is 0 Å². The second-order valence-electron chi connectivity index (χ2n) is 6.19. The molecule has 10 nitrogen and oxygen atoms in total. The van der Waals surface area contributed by atoms with Gasteiger partial charge in [-0.15, -0.1) is 0 Å². The van der Waals surface area contributed by atoms with E-state index in [0.717, 1.165) is 11.8 Å². The third kappa shape index (κ3) is 6.59. The summed E-state index contributed by atoms with van der Waals surface area (Å²) in [7, 11) is 4.27. The fourth-order valence-electron chi connectivity index (χ4n) is 2.60. The molecule has 0 unspecified atom stereocenters. The number of hydrogen-bond donors (Lipinski definition) is 3. The average molecular weight is 441 g/mol. The molecule has 3 N–H and O–H groups in total. The first-order chi connectivity index (χ1) is 15.4. The molecule has 2 rings (SSSR count). The molecule has 10 heteroatoms. The Kier molecular flexibility index (Phi) is 8.78. The van der Waals surface area contributed by atoms with Crippen LogP contribution in [0.5, 0.6) is 17.2 Å². The minimum absolute atomic E-state index is 0.0335. The number of hydrazone groups is 1. The van der Waals surface area contributed by atoms with E-state index >= 15 is 0 Å². The predicted molar refractivity (Wildman–Crippen MR) is 117 cm³/mol. The fourth-order valence-corrected chi connectivity index (χ4v) is 2.60. The summed E-state index contributed by atoms with van der Waals surface area (Å²) in [5.41, 5.74) is 3.04. The number of carboxylic acids is 1. The van der Waals surface area contributed by atoms with E-state index in [2.05, 4.69) is 15.8 Å². The monoisotopic (exact) mass is 441 g/mol. The van der Waals surface area contributed by atoms with Gasteiger partial charge in [0.1, 0.15) is 11.3 Å². The van der Waals surface area contributed by atoms with Crippen molar-refractivity contribution in [1.29, 1.82) is 0 Å². The molecule has 0 saturated heterocycles. The molecule has 0 saturated carbocycles. The maximum atomic E-state index is 11.9. The molecule has 0 bridgehead atoms. The first-order valence-corrected chi connectivity index (χ1v) is 9.29. The van der Waals surface area contributed by atoms with Crippen LogP contribution < -0.4 is 25.0 Å². The number of ether oxygens (including phenoxy) is 3. The number of nitrogens with zero attached hydrogens (tertiary/aromatic N) is 1. The van der Waals surface area contributed by atoms with Crippen molar-refractivity contribution >= 4 is 30.1 Å². The number of aromatic carboxylic acids is 1. The first kappa shape index (κ1) is 23.9. The van der Waals surface area contributed by atoms with E-state index in [9.17, 15) is 19.5 Å². The van der Waals surface area contributed by atoms with E-state index in [0.29, 0.717) is 5.75 Å². The average Bonchev–Trinajstić information content (AvgIpc) is 2.80. The standard InChI is InChI=1S/C22H23N3O7/c1-30-16-8-4-14(5-9-16)6-11-18(26)23-13-19(27)25-24-12-15-7-10-17(31-2)21(32-3)20(15)22(28)29/h4-12H,13H2,1-3H3,(H,23,26)(H,25,27)(H,28,29)/b11-6+,24-12-. The highest BCUT2D eigenvalue weighted by Crippen LogP contribution is 2.32. The van der Waals surface area contributed by atoms with Crippen LogP contribution >= 0.6 is 0 Å². The lowest BCUT2D eigenvalue weighted by atomic mass is 10.1. The van der Waals surface area contributed by atoms with Gasteiger partial charge in [-0.25, -0.2) is 10.2 Å². The molecule has 168 valence electrons. The minimum Gasteiger partial charge on any atom is -0.497 e. The van der Waals surface area contributed by atoms with Crippen molar-refractivity contribution in [1.82, 2.24) is 10.7 Å². The van der Waals surface area contributed by atoms with Crippen LogP contribution in [-0.4, -0.2) is 57.0 Å². The summed E-state index contributed by atoms with van der Waals surface area (Å²) >= 11 is 0. The molecular weight excluding hydrogens is 418 g/mol. The molecule has 0 heterocycles. The summed E-state index contributed by atoms with van der Waals surface area (Å²) in [5.74, 6) is -1.32. The Morgan fingerprint density at radius 2 is 1.72 bits per heavy atom. The molecule has 2 aromatic rings. The first-order valence-electron chi connectivity index (χ1n) is 9.29. The largest absolute Gasteiger partial charge is 0.497 e. The Morgan fingerprint density at radius 1 is 1.00 bits per heavy atom. The van der Waals surface area contributed by atoms with E-state index in [1.54, 1.807) is 37.5 Å². The van der Waals surface area contributed by atoms with Crippen molar-refractivity contribution in [2.24, 2.45) is 5.10 Å². The van der Waals surface area contributed by atoms with Gasteiger partial charge in [0.15, 0.2) is 11.5 Å². The van der Waals surface area contributed by atoms with E-state index in [4.69, 9.17) is 14.2 Å². The molecular formula is C22H23N3O7. The quantitative estimate of drug-likeness (QED) is 0.290. The van der Waals surface area contributed by atoms with Crippen LogP contribution in [0.3, 0.4) is 0 Å². The van der Waals surface area contributed by atoms with E-state index in [1.807, 2.05) is 0 Å². The number of amides is 2. The molecule has 0 aromatic heterocycles. The van der Waals surface area contributed by atoms with Crippen LogP contribution in [0.25, 0.3) is 6.08 Å². The number of carbonyl (C=O) groups excluding carboxylic acids is 2. The van der Waals surface area contributed by atoms with Gasteiger partial charge >= 0.3 is 5.97 Å². The van der Waals surface area contributed by atoms with E-state index < -0.39 is 17.8 Å². The van der Waals surface area contributed by atoms with Crippen molar-refractivity contribution in [2.75, 3.05) is 27.9 Å². The zero-order chi connectivity index (χ0) is 23.5. The van der Waals surface area contributed by atoms with E-state index in [1.165, 1.54) is 32.4 Å². The summed E-state index contributed by atoms with van der Waals surface area (Å²) in [6.07, 6.45) is 4.05. The third-order valence-electron chi connectivity index (χ3n) is 4.15. The number of carbonyl (C=O) groups is 3. The Bertz CT molecular complexity index is 1030. The van der Waals surface area contributed by atoms with Crippen molar-refractivity contribution < 1.29 is 33.7 Å². The van der Waals surface area contributed by atoms with Crippen LogP contribution in [-0.2, 0) is 9.59 Å². The van der Waals surface area contributed by atoms with Crippen LogP contribution in [0.4, 0.5) is 0 Å². The number of benzene rings is 2. The highest BCUT2D eigenvalue weighted by atomic mass is 16.5. The van der Waals surface area contributed by atoms with Crippen molar-refractivity contribution in [3.05, 3.63) is 59.2 Å². The van der Waals surface area contributed by atoms with Gasteiger partial charge in [-0.05, 0) is 35.9 Å². The molecule has 32 heavy (non-hydrogen) atoms. The lowest BCUT2D eigenvalue weighted by Crippen LogP contribution is -2.34. The lowest BCUT2D eigenvalue weighted by Gasteiger charge is -2.12. The molecule has 0 aliphatic rings. The molecule has 0 spiro atoms. The Morgan fingerprint density at radius 3 is 2.31 bits per heavy atom. The van der Waals surface area contributed by atoms with Crippen molar-refractivity contribution in [3.8, 4) is 17.2 Å². The Labute approximate surface area is 184 Å². The Balaban J connectivity index is 1.91. The maximum absolute atomic E-state index is 11.9. The summed E-state index contributed by atoms with van der Waals surface area (Å²) in [5, 5.41) is 15.6. The van der Waals surface area contributed by atoms with Gasteiger partial charge < -0.3 is 24.6 Å². The summed E-state index contributed by atoms with van der Waals surface area (Å²) in [4.78, 5) is 35.3.